The fourth-order valence-corrected chi connectivity index (χ4v) is 6.23. The van der Waals surface area contributed by atoms with Gasteiger partial charge in [0.2, 0.25) is 12.1 Å². The molecule has 1 amide bonds. The Morgan fingerprint density at radius 2 is 1.73 bits per heavy atom. The molecule has 254 valence electrons. The summed E-state index contributed by atoms with van der Waals surface area (Å²) in [5, 5.41) is 22.4. The van der Waals surface area contributed by atoms with Crippen LogP contribution in [0.5, 0.6) is 5.75 Å². The second kappa shape index (κ2) is 14.6. The van der Waals surface area contributed by atoms with Gasteiger partial charge in [0.15, 0.2) is 0 Å². The number of aromatic nitrogens is 4. The summed E-state index contributed by atoms with van der Waals surface area (Å²) in [7, 11) is 0. The lowest BCUT2D eigenvalue weighted by Crippen LogP contribution is -2.40. The standard InChI is InChI=1S/C35H37N7O7/c1-3-4-15-31-36-35(20-9-10-21-35)33(43)40(31)22-25-16-18-26(19-17-25)28-12-6-7-13-29(28)32-37-39-41(38-32)24(2)48-34(44)49-30-14-8-5-11-27(30)23-47-42(45)46/h5-8,11-14,16-19,24H,3-4,9-10,15,20-23H2,1-2H3. The average Bonchev–Trinajstić information content (AvgIpc) is 3.85. The molecular formula is C35H37N7O7. The van der Waals surface area contributed by atoms with Gasteiger partial charge in [0, 0.05) is 17.5 Å². The number of nitrogens with zero attached hydrogens (tertiary/aromatic N) is 7. The highest BCUT2D eigenvalue weighted by Gasteiger charge is 2.49. The minimum absolute atomic E-state index is 0.0589. The molecule has 2 aliphatic rings. The Hall–Kier alpha value is -5.66. The second-order valence-electron chi connectivity index (χ2n) is 12.1. The smallest absolute Gasteiger partial charge is 0.407 e. The maximum absolute atomic E-state index is 13.6. The second-order valence-corrected chi connectivity index (χ2v) is 12.1. The molecule has 14 nitrogen and oxygen atoms in total. The molecule has 0 bridgehead atoms. The summed E-state index contributed by atoms with van der Waals surface area (Å²) < 4.78 is 10.6. The van der Waals surface area contributed by atoms with Crippen molar-refractivity contribution >= 4 is 17.9 Å². The number of hydrogen-bond donors (Lipinski definition) is 0. The summed E-state index contributed by atoms with van der Waals surface area (Å²) in [6, 6.07) is 22.0. The van der Waals surface area contributed by atoms with E-state index < -0.39 is 29.6 Å². The van der Waals surface area contributed by atoms with Crippen LogP contribution in [0.2, 0.25) is 0 Å². The summed E-state index contributed by atoms with van der Waals surface area (Å²) >= 11 is 0. The number of tetrazole rings is 1. The van der Waals surface area contributed by atoms with Crippen LogP contribution in [0.3, 0.4) is 0 Å². The Balaban J connectivity index is 1.13. The maximum Gasteiger partial charge on any atom is 0.515 e. The molecule has 0 radical (unpaired) electrons. The zero-order chi connectivity index (χ0) is 34.4. The molecular weight excluding hydrogens is 630 g/mol. The third-order valence-electron chi connectivity index (χ3n) is 8.77. The Morgan fingerprint density at radius 1 is 1.02 bits per heavy atom. The summed E-state index contributed by atoms with van der Waals surface area (Å²) in [5.74, 6) is 1.44. The third kappa shape index (κ3) is 7.42. The molecule has 4 aromatic rings. The number of benzene rings is 3. The summed E-state index contributed by atoms with van der Waals surface area (Å²) in [6.07, 6.45) is 4.56. The van der Waals surface area contributed by atoms with Crippen LogP contribution in [0.1, 0.15) is 76.1 Å². The van der Waals surface area contributed by atoms with Gasteiger partial charge in [-0.25, -0.2) is 4.79 Å². The number of para-hydroxylation sites is 1. The van der Waals surface area contributed by atoms with E-state index >= 15 is 0 Å². The lowest BCUT2D eigenvalue weighted by atomic mass is 9.97. The molecule has 1 unspecified atom stereocenters. The molecule has 1 aromatic heterocycles. The molecule has 2 heterocycles. The van der Waals surface area contributed by atoms with Crippen molar-refractivity contribution in [3.05, 3.63) is 94.0 Å². The zero-order valence-electron chi connectivity index (χ0n) is 27.4. The number of rotatable bonds is 13. The van der Waals surface area contributed by atoms with Crippen LogP contribution in [0.15, 0.2) is 77.8 Å². The topological polar surface area (TPSA) is 164 Å². The molecule has 3 aromatic carbocycles. The van der Waals surface area contributed by atoms with E-state index in [9.17, 15) is 19.7 Å². The Morgan fingerprint density at radius 3 is 2.47 bits per heavy atom. The number of ether oxygens (including phenoxy) is 2. The van der Waals surface area contributed by atoms with Crippen LogP contribution in [-0.2, 0) is 27.5 Å². The normalized spacial score (nSPS) is 15.7. The number of amides is 1. The summed E-state index contributed by atoms with van der Waals surface area (Å²) in [5.41, 5.74) is 3.29. The van der Waals surface area contributed by atoms with Crippen molar-refractivity contribution in [1.82, 2.24) is 25.1 Å². The lowest BCUT2D eigenvalue weighted by Gasteiger charge is -2.23. The highest BCUT2D eigenvalue weighted by atomic mass is 16.9. The van der Waals surface area contributed by atoms with Crippen molar-refractivity contribution < 1.29 is 29.0 Å². The molecule has 1 saturated carbocycles. The van der Waals surface area contributed by atoms with Crippen molar-refractivity contribution in [2.75, 3.05) is 0 Å². The van der Waals surface area contributed by atoms with Gasteiger partial charge in [0.05, 0.1) is 6.54 Å². The molecule has 49 heavy (non-hydrogen) atoms. The Labute approximate surface area is 282 Å². The highest BCUT2D eigenvalue weighted by Crippen LogP contribution is 2.40. The third-order valence-corrected chi connectivity index (χ3v) is 8.77. The molecule has 14 heteroatoms. The van der Waals surface area contributed by atoms with Gasteiger partial charge in [-0.05, 0) is 54.2 Å². The number of aliphatic imine (C=N–C) groups is 1. The molecule has 0 N–H and O–H groups in total. The number of carbonyl (C=O) groups is 2. The van der Waals surface area contributed by atoms with Crippen LogP contribution >= 0.6 is 0 Å². The molecule has 1 spiro atoms. The van der Waals surface area contributed by atoms with E-state index in [2.05, 4.69) is 27.2 Å². The van der Waals surface area contributed by atoms with Crippen LogP contribution in [0, 0.1) is 10.1 Å². The molecule has 1 aliphatic heterocycles. The van der Waals surface area contributed by atoms with Gasteiger partial charge in [-0.1, -0.05) is 92.9 Å². The number of carbonyl (C=O) groups excluding carboxylic acids is 2. The molecule has 1 aliphatic carbocycles. The van der Waals surface area contributed by atoms with Crippen molar-refractivity contribution in [2.24, 2.45) is 4.99 Å². The van der Waals surface area contributed by atoms with Crippen molar-refractivity contribution in [1.29, 1.82) is 0 Å². The first-order valence-electron chi connectivity index (χ1n) is 16.4. The van der Waals surface area contributed by atoms with Crippen molar-refractivity contribution in [2.45, 2.75) is 83.7 Å². The minimum atomic E-state index is -1.06. The van der Waals surface area contributed by atoms with E-state index in [0.29, 0.717) is 17.9 Å². The fraction of sp³-hybridized carbons (Fsp3) is 0.371. The minimum Gasteiger partial charge on any atom is -0.407 e. The Kier molecular flexibility index (Phi) is 9.92. The first-order chi connectivity index (χ1) is 23.8. The van der Waals surface area contributed by atoms with Crippen LogP contribution in [-0.4, -0.2) is 53.6 Å². The van der Waals surface area contributed by atoms with Gasteiger partial charge >= 0.3 is 6.16 Å². The zero-order valence-corrected chi connectivity index (χ0v) is 27.4. The first kappa shape index (κ1) is 33.2. The molecule has 1 atom stereocenters. The first-order valence-corrected chi connectivity index (χ1v) is 16.4. The number of unbranched alkanes of at least 4 members (excludes halogenated alkanes) is 1. The quantitative estimate of drug-likeness (QED) is 0.0649. The highest BCUT2D eigenvalue weighted by molar-refractivity contribution is 6.08. The number of amidine groups is 1. The van der Waals surface area contributed by atoms with Gasteiger partial charge in [0.1, 0.15) is 23.7 Å². The van der Waals surface area contributed by atoms with E-state index in [1.807, 2.05) is 53.4 Å². The van der Waals surface area contributed by atoms with Crippen LogP contribution in [0.25, 0.3) is 22.5 Å². The van der Waals surface area contributed by atoms with Crippen molar-refractivity contribution in [3.8, 4) is 28.3 Å². The van der Waals surface area contributed by atoms with Crippen LogP contribution < -0.4 is 4.74 Å². The van der Waals surface area contributed by atoms with E-state index in [-0.39, 0.29) is 11.7 Å². The van der Waals surface area contributed by atoms with Gasteiger partial charge in [-0.15, -0.1) is 25.1 Å². The van der Waals surface area contributed by atoms with E-state index in [4.69, 9.17) is 14.5 Å². The average molecular weight is 668 g/mol. The predicted octanol–water partition coefficient (Wildman–Crippen LogP) is 6.69. The summed E-state index contributed by atoms with van der Waals surface area (Å²) in [6.45, 7) is 3.79. The van der Waals surface area contributed by atoms with Gasteiger partial charge in [-0.3, -0.25) is 14.7 Å². The molecule has 0 saturated heterocycles. The van der Waals surface area contributed by atoms with Gasteiger partial charge in [0.25, 0.3) is 11.0 Å². The molecule has 6 rings (SSSR count). The summed E-state index contributed by atoms with van der Waals surface area (Å²) in [4.78, 5) is 49.2. The number of hydrogen-bond acceptors (Lipinski definition) is 11. The Bertz CT molecular complexity index is 1850. The predicted molar refractivity (Wildman–Crippen MR) is 177 cm³/mol. The molecule has 1 fully saturated rings. The van der Waals surface area contributed by atoms with Crippen LogP contribution in [0.4, 0.5) is 4.79 Å². The van der Waals surface area contributed by atoms with E-state index in [1.54, 1.807) is 19.1 Å². The lowest BCUT2D eigenvalue weighted by molar-refractivity contribution is -0.763. The van der Waals surface area contributed by atoms with Gasteiger partial charge in [-0.2, -0.15) is 0 Å². The van der Waals surface area contributed by atoms with Crippen molar-refractivity contribution in [3.63, 3.8) is 0 Å². The van der Waals surface area contributed by atoms with E-state index in [1.165, 1.54) is 12.1 Å². The fourth-order valence-electron chi connectivity index (χ4n) is 6.23. The SMILES string of the molecule is CCCCC1=NC2(CCCC2)C(=O)N1Cc1ccc(-c2ccccc2-c2nnn(C(C)OC(=O)Oc3ccccc3CO[N+](=O)[O-])n2)cc1. The van der Waals surface area contributed by atoms with Gasteiger partial charge < -0.3 is 14.3 Å². The maximum atomic E-state index is 13.6. The largest absolute Gasteiger partial charge is 0.515 e. The monoisotopic (exact) mass is 667 g/mol. The van der Waals surface area contributed by atoms with E-state index in [0.717, 1.165) is 77.8 Å².